The summed E-state index contributed by atoms with van der Waals surface area (Å²) >= 11 is 3.23. The van der Waals surface area contributed by atoms with E-state index in [1.165, 1.54) is 0 Å². The van der Waals surface area contributed by atoms with Gasteiger partial charge in [0, 0.05) is 5.69 Å². The zero-order valence-corrected chi connectivity index (χ0v) is 10.2. The summed E-state index contributed by atoms with van der Waals surface area (Å²) in [5.74, 6) is -0.0151. The second-order valence-electron chi connectivity index (χ2n) is 3.42. The van der Waals surface area contributed by atoms with Crippen molar-refractivity contribution in [2.75, 3.05) is 5.32 Å². The molecule has 0 radical (unpaired) electrons. The Hall–Kier alpha value is -0.830. The molecule has 14 heavy (non-hydrogen) atoms. The fourth-order valence-electron chi connectivity index (χ4n) is 1.10. The standard InChI is InChI=1S/C11H14BrNO/c1-7-4-5-8(2)10(6-7)13-11(14)9(3)12/h4-6,9H,1-3H3,(H,13,14)/t9-/m0/s1. The molecule has 0 unspecified atom stereocenters. The van der Waals surface area contributed by atoms with E-state index in [1.54, 1.807) is 6.92 Å². The van der Waals surface area contributed by atoms with Gasteiger partial charge in [0.2, 0.25) is 5.91 Å². The van der Waals surface area contributed by atoms with Gasteiger partial charge >= 0.3 is 0 Å². The van der Waals surface area contributed by atoms with Crippen molar-refractivity contribution in [1.29, 1.82) is 0 Å². The monoisotopic (exact) mass is 255 g/mol. The van der Waals surface area contributed by atoms with E-state index in [4.69, 9.17) is 0 Å². The summed E-state index contributed by atoms with van der Waals surface area (Å²) < 4.78 is 0. The zero-order chi connectivity index (χ0) is 10.7. The van der Waals surface area contributed by atoms with Gasteiger partial charge in [0.15, 0.2) is 0 Å². The number of hydrogen-bond acceptors (Lipinski definition) is 1. The van der Waals surface area contributed by atoms with E-state index in [1.807, 2.05) is 32.0 Å². The van der Waals surface area contributed by atoms with Gasteiger partial charge in [-0.3, -0.25) is 4.79 Å². The van der Waals surface area contributed by atoms with Crippen LogP contribution < -0.4 is 5.32 Å². The Kier molecular flexibility index (Phi) is 3.69. The lowest BCUT2D eigenvalue weighted by Gasteiger charge is -2.10. The second kappa shape index (κ2) is 4.60. The Morgan fingerprint density at radius 1 is 1.43 bits per heavy atom. The zero-order valence-electron chi connectivity index (χ0n) is 8.60. The number of amides is 1. The molecule has 0 saturated carbocycles. The van der Waals surface area contributed by atoms with Crippen molar-refractivity contribution < 1.29 is 4.79 Å². The Bertz CT molecular complexity index is 347. The highest BCUT2D eigenvalue weighted by atomic mass is 79.9. The number of rotatable bonds is 2. The predicted molar refractivity (Wildman–Crippen MR) is 62.9 cm³/mol. The fraction of sp³-hybridized carbons (Fsp3) is 0.364. The van der Waals surface area contributed by atoms with Crippen molar-refractivity contribution in [1.82, 2.24) is 0 Å². The molecule has 0 fully saturated rings. The van der Waals surface area contributed by atoms with Crippen LogP contribution in [0.15, 0.2) is 18.2 Å². The van der Waals surface area contributed by atoms with E-state index in [9.17, 15) is 4.79 Å². The summed E-state index contributed by atoms with van der Waals surface area (Å²) in [7, 11) is 0. The Balaban J connectivity index is 2.86. The van der Waals surface area contributed by atoms with Crippen LogP contribution in [-0.2, 0) is 4.79 Å². The number of carbonyl (C=O) groups is 1. The number of nitrogens with one attached hydrogen (secondary N) is 1. The summed E-state index contributed by atoms with van der Waals surface area (Å²) in [5.41, 5.74) is 3.12. The Morgan fingerprint density at radius 2 is 2.07 bits per heavy atom. The highest BCUT2D eigenvalue weighted by Gasteiger charge is 2.09. The highest BCUT2D eigenvalue weighted by Crippen LogP contribution is 2.17. The maximum Gasteiger partial charge on any atom is 0.237 e. The molecule has 0 spiro atoms. The van der Waals surface area contributed by atoms with Gasteiger partial charge in [-0.2, -0.15) is 0 Å². The first-order valence-electron chi connectivity index (χ1n) is 4.53. The molecule has 1 amide bonds. The minimum Gasteiger partial charge on any atom is -0.325 e. The molecule has 2 nitrogen and oxygen atoms in total. The quantitative estimate of drug-likeness (QED) is 0.809. The van der Waals surface area contributed by atoms with Crippen molar-refractivity contribution in [3.8, 4) is 0 Å². The van der Waals surface area contributed by atoms with Gasteiger partial charge in [-0.05, 0) is 38.0 Å². The van der Waals surface area contributed by atoms with E-state index in [2.05, 4.69) is 21.2 Å². The molecule has 1 atom stereocenters. The molecule has 0 aliphatic rings. The number of alkyl halides is 1. The van der Waals surface area contributed by atoms with Crippen molar-refractivity contribution in [2.45, 2.75) is 25.6 Å². The molecule has 1 aromatic carbocycles. The third-order valence-electron chi connectivity index (χ3n) is 2.01. The van der Waals surface area contributed by atoms with Crippen molar-refractivity contribution >= 4 is 27.5 Å². The maximum atomic E-state index is 11.4. The Morgan fingerprint density at radius 3 is 2.64 bits per heavy atom. The molecule has 1 aromatic rings. The second-order valence-corrected chi connectivity index (χ2v) is 4.80. The molecule has 0 aromatic heterocycles. The van der Waals surface area contributed by atoms with Crippen LogP contribution >= 0.6 is 15.9 Å². The molecule has 3 heteroatoms. The third kappa shape index (κ3) is 2.84. The molecule has 1 N–H and O–H groups in total. The van der Waals surface area contributed by atoms with E-state index >= 15 is 0 Å². The number of aryl methyl sites for hydroxylation is 2. The summed E-state index contributed by atoms with van der Waals surface area (Å²) in [6.45, 7) is 5.79. The summed E-state index contributed by atoms with van der Waals surface area (Å²) in [5, 5.41) is 2.86. The first-order chi connectivity index (χ1) is 6.50. The van der Waals surface area contributed by atoms with Gasteiger partial charge in [0.1, 0.15) is 0 Å². The number of benzene rings is 1. The average molecular weight is 256 g/mol. The van der Waals surface area contributed by atoms with Crippen molar-refractivity contribution in [3.05, 3.63) is 29.3 Å². The predicted octanol–water partition coefficient (Wildman–Crippen LogP) is 3.03. The Labute approximate surface area is 92.8 Å². The van der Waals surface area contributed by atoms with E-state index in [0.29, 0.717) is 0 Å². The molecule has 0 heterocycles. The van der Waals surface area contributed by atoms with Crippen LogP contribution in [0.2, 0.25) is 0 Å². The van der Waals surface area contributed by atoms with Crippen LogP contribution in [-0.4, -0.2) is 10.7 Å². The molecule has 0 aliphatic heterocycles. The lowest BCUT2D eigenvalue weighted by Crippen LogP contribution is -2.20. The topological polar surface area (TPSA) is 29.1 Å². The first-order valence-corrected chi connectivity index (χ1v) is 5.44. The summed E-state index contributed by atoms with van der Waals surface area (Å²) in [4.78, 5) is 11.3. The van der Waals surface area contributed by atoms with Crippen LogP contribution in [0.4, 0.5) is 5.69 Å². The van der Waals surface area contributed by atoms with Gasteiger partial charge < -0.3 is 5.32 Å². The van der Waals surface area contributed by atoms with Crippen LogP contribution in [0.1, 0.15) is 18.1 Å². The van der Waals surface area contributed by atoms with E-state index in [-0.39, 0.29) is 10.7 Å². The van der Waals surface area contributed by atoms with Gasteiger partial charge in [0.25, 0.3) is 0 Å². The first kappa shape index (κ1) is 11.2. The molecule has 1 rings (SSSR count). The molecule has 0 saturated heterocycles. The molecular formula is C11H14BrNO. The number of halogens is 1. The number of hydrogen-bond donors (Lipinski definition) is 1. The largest absolute Gasteiger partial charge is 0.325 e. The van der Waals surface area contributed by atoms with Gasteiger partial charge in [0.05, 0.1) is 4.83 Å². The molecular weight excluding hydrogens is 242 g/mol. The lowest BCUT2D eigenvalue weighted by atomic mass is 10.1. The molecule has 0 bridgehead atoms. The third-order valence-corrected chi connectivity index (χ3v) is 2.43. The minimum atomic E-state index is -0.164. The minimum absolute atomic E-state index is 0.0151. The normalized spacial score (nSPS) is 12.3. The van der Waals surface area contributed by atoms with Crippen LogP contribution in [0, 0.1) is 13.8 Å². The van der Waals surface area contributed by atoms with Crippen molar-refractivity contribution in [2.24, 2.45) is 0 Å². The van der Waals surface area contributed by atoms with Gasteiger partial charge in [-0.25, -0.2) is 0 Å². The molecule has 0 aliphatic carbocycles. The summed E-state index contributed by atoms with van der Waals surface area (Å²) in [6.07, 6.45) is 0. The highest BCUT2D eigenvalue weighted by molar-refractivity contribution is 9.10. The number of carbonyl (C=O) groups excluding carboxylic acids is 1. The fourth-order valence-corrected chi connectivity index (χ4v) is 1.22. The van der Waals surface area contributed by atoms with Crippen molar-refractivity contribution in [3.63, 3.8) is 0 Å². The van der Waals surface area contributed by atoms with Crippen LogP contribution in [0.3, 0.4) is 0 Å². The van der Waals surface area contributed by atoms with Gasteiger partial charge in [-0.15, -0.1) is 0 Å². The van der Waals surface area contributed by atoms with E-state index < -0.39 is 0 Å². The number of anilines is 1. The van der Waals surface area contributed by atoms with Gasteiger partial charge in [-0.1, -0.05) is 28.1 Å². The lowest BCUT2D eigenvalue weighted by molar-refractivity contribution is -0.115. The summed E-state index contributed by atoms with van der Waals surface area (Å²) in [6, 6.07) is 6.01. The van der Waals surface area contributed by atoms with Crippen LogP contribution in [0.25, 0.3) is 0 Å². The van der Waals surface area contributed by atoms with E-state index in [0.717, 1.165) is 16.8 Å². The molecule has 76 valence electrons. The average Bonchev–Trinajstić information content (AvgIpc) is 2.11. The van der Waals surface area contributed by atoms with Crippen LogP contribution in [0.5, 0.6) is 0 Å². The maximum absolute atomic E-state index is 11.4. The SMILES string of the molecule is Cc1ccc(C)c(NC(=O)[C@H](C)Br)c1. The smallest absolute Gasteiger partial charge is 0.237 e.